The van der Waals surface area contributed by atoms with Gasteiger partial charge in [-0.15, -0.1) is 11.3 Å². The molecule has 0 radical (unpaired) electrons. The summed E-state index contributed by atoms with van der Waals surface area (Å²) in [6, 6.07) is 10.7. The minimum atomic E-state index is -0.709. The number of rotatable bonds is 7. The molecule has 1 heterocycles. The summed E-state index contributed by atoms with van der Waals surface area (Å²) in [5.74, 6) is -0.0959. The summed E-state index contributed by atoms with van der Waals surface area (Å²) in [4.78, 5) is 22.8. The molecule has 1 aliphatic rings. The molecule has 4 heteroatoms. The molecule has 1 aromatic heterocycles. The molecule has 1 N–H and O–H groups in total. The first kappa shape index (κ1) is 21.1. The van der Waals surface area contributed by atoms with E-state index in [0.717, 1.165) is 38.5 Å². The van der Waals surface area contributed by atoms with Crippen LogP contribution < -0.4 is 0 Å². The topological polar surface area (TPSA) is 54.4 Å². The fourth-order valence-corrected chi connectivity index (χ4v) is 4.11. The van der Waals surface area contributed by atoms with Crippen molar-refractivity contribution in [3.8, 4) is 0 Å². The highest BCUT2D eigenvalue weighted by Gasteiger charge is 2.21. The molecule has 1 aromatic carbocycles. The maximum Gasteiger partial charge on any atom is 0.303 e. The number of hydrogen-bond donors (Lipinski definition) is 1. The first-order valence-electron chi connectivity index (χ1n) is 9.60. The van der Waals surface area contributed by atoms with E-state index in [1.165, 1.54) is 15.0 Å². The van der Waals surface area contributed by atoms with E-state index in [1.54, 1.807) is 0 Å². The Kier molecular flexibility index (Phi) is 8.99. The van der Waals surface area contributed by atoms with Crippen molar-refractivity contribution in [3.63, 3.8) is 0 Å². The average Bonchev–Trinajstić information content (AvgIpc) is 3.25. The number of carbonyl (C=O) groups is 2. The summed E-state index contributed by atoms with van der Waals surface area (Å²) >= 11 is 1.84. The third-order valence-corrected chi connectivity index (χ3v) is 5.65. The lowest BCUT2D eigenvalue weighted by atomic mass is 10.1. The molecule has 0 saturated heterocycles. The van der Waals surface area contributed by atoms with E-state index in [-0.39, 0.29) is 12.3 Å². The zero-order valence-electron chi connectivity index (χ0n) is 15.9. The van der Waals surface area contributed by atoms with Crippen molar-refractivity contribution in [1.82, 2.24) is 0 Å². The largest absolute Gasteiger partial charge is 0.481 e. The van der Waals surface area contributed by atoms with Crippen molar-refractivity contribution in [2.75, 3.05) is 0 Å². The Balaban J connectivity index is 0.000000249. The summed E-state index contributed by atoms with van der Waals surface area (Å²) in [6.45, 7) is 1.93. The number of Topliss-reactive ketones (excluding diaryl/α,β-unsaturated/α-hetero) is 1. The molecule has 2 aromatic rings. The highest BCUT2D eigenvalue weighted by molar-refractivity contribution is 7.19. The minimum Gasteiger partial charge on any atom is -0.481 e. The summed E-state index contributed by atoms with van der Waals surface area (Å²) in [5, 5.41) is 9.51. The monoisotopic (exact) mass is 384 g/mol. The Morgan fingerprint density at radius 3 is 2.78 bits per heavy atom. The van der Waals surface area contributed by atoms with Gasteiger partial charge in [-0.1, -0.05) is 42.5 Å². The van der Waals surface area contributed by atoms with E-state index in [1.807, 2.05) is 30.4 Å². The van der Waals surface area contributed by atoms with Crippen LogP contribution in [0.25, 0.3) is 10.1 Å². The third-order valence-electron chi connectivity index (χ3n) is 4.51. The number of allylic oxidation sites excluding steroid dienone is 4. The molecule has 0 spiro atoms. The van der Waals surface area contributed by atoms with E-state index in [9.17, 15) is 9.59 Å². The number of fused-ring (bicyclic) bond motifs is 1. The molecule has 0 aliphatic heterocycles. The number of unbranched alkanes of at least 4 members (excludes halogenated alkanes) is 1. The number of carboxylic acids is 1. The van der Waals surface area contributed by atoms with E-state index in [4.69, 9.17) is 5.11 Å². The molecule has 1 unspecified atom stereocenters. The van der Waals surface area contributed by atoms with Crippen molar-refractivity contribution in [3.05, 3.63) is 59.5 Å². The number of benzene rings is 1. The van der Waals surface area contributed by atoms with Gasteiger partial charge in [-0.3, -0.25) is 9.59 Å². The highest BCUT2D eigenvalue weighted by atomic mass is 32.1. The van der Waals surface area contributed by atoms with Gasteiger partial charge in [0.2, 0.25) is 0 Å². The Hall–Kier alpha value is -2.20. The average molecular weight is 385 g/mol. The highest BCUT2D eigenvalue weighted by Crippen LogP contribution is 2.26. The van der Waals surface area contributed by atoms with Gasteiger partial charge >= 0.3 is 5.97 Å². The predicted octanol–water partition coefficient (Wildman–Crippen LogP) is 6.19. The van der Waals surface area contributed by atoms with Crippen LogP contribution in [0, 0.1) is 5.92 Å². The molecule has 1 fully saturated rings. The predicted molar refractivity (Wildman–Crippen MR) is 113 cm³/mol. The zero-order chi connectivity index (χ0) is 19.5. The Morgan fingerprint density at radius 1 is 1.30 bits per heavy atom. The fourth-order valence-electron chi connectivity index (χ4n) is 3.07. The summed E-state index contributed by atoms with van der Waals surface area (Å²) in [5.41, 5.74) is 0. The lowest BCUT2D eigenvalue weighted by molar-refractivity contribution is -0.137. The zero-order valence-corrected chi connectivity index (χ0v) is 16.7. The lowest BCUT2D eigenvalue weighted by Crippen LogP contribution is -2.01. The second-order valence-electron chi connectivity index (χ2n) is 6.70. The van der Waals surface area contributed by atoms with Gasteiger partial charge in [0.05, 0.1) is 0 Å². The van der Waals surface area contributed by atoms with Gasteiger partial charge in [-0.25, -0.2) is 0 Å². The van der Waals surface area contributed by atoms with Crippen molar-refractivity contribution >= 4 is 33.2 Å². The van der Waals surface area contributed by atoms with E-state index in [0.29, 0.717) is 5.78 Å². The van der Waals surface area contributed by atoms with Crippen LogP contribution in [0.5, 0.6) is 0 Å². The SMILES string of the molecule is C/C=C\CCCC(=O)O.O=C1CCCC1/C=C/Cc1cc2ccccc2s1. The maximum absolute atomic E-state index is 11.5. The van der Waals surface area contributed by atoms with Crippen LogP contribution in [0.1, 0.15) is 50.3 Å². The fraction of sp³-hybridized carbons (Fsp3) is 0.391. The molecule has 0 bridgehead atoms. The van der Waals surface area contributed by atoms with Gasteiger partial charge in [0.15, 0.2) is 0 Å². The number of hydrogen-bond acceptors (Lipinski definition) is 3. The molecular weight excluding hydrogens is 356 g/mol. The van der Waals surface area contributed by atoms with Crippen LogP contribution in [-0.4, -0.2) is 16.9 Å². The summed E-state index contributed by atoms with van der Waals surface area (Å²) in [6.07, 6.45) is 13.9. The lowest BCUT2D eigenvalue weighted by Gasteiger charge is -1.98. The van der Waals surface area contributed by atoms with Gasteiger partial charge < -0.3 is 5.11 Å². The molecule has 3 rings (SSSR count). The molecule has 1 atom stereocenters. The second kappa shape index (κ2) is 11.5. The van der Waals surface area contributed by atoms with Crippen LogP contribution in [0.4, 0.5) is 0 Å². The van der Waals surface area contributed by atoms with Gasteiger partial charge in [0.25, 0.3) is 0 Å². The normalized spacial score (nSPS) is 16.9. The van der Waals surface area contributed by atoms with Crippen LogP contribution in [0.15, 0.2) is 54.6 Å². The van der Waals surface area contributed by atoms with Crippen molar-refractivity contribution in [2.45, 2.75) is 51.9 Å². The van der Waals surface area contributed by atoms with Crippen LogP contribution in [-0.2, 0) is 16.0 Å². The van der Waals surface area contributed by atoms with Crippen molar-refractivity contribution in [2.24, 2.45) is 5.92 Å². The number of ketones is 1. The van der Waals surface area contributed by atoms with E-state index >= 15 is 0 Å². The minimum absolute atomic E-state index is 0.194. The number of carboxylic acid groups (broad SMARTS) is 1. The van der Waals surface area contributed by atoms with E-state index in [2.05, 4.69) is 42.5 Å². The van der Waals surface area contributed by atoms with Crippen LogP contribution in [0.3, 0.4) is 0 Å². The van der Waals surface area contributed by atoms with Crippen LogP contribution >= 0.6 is 11.3 Å². The van der Waals surface area contributed by atoms with Gasteiger partial charge in [0.1, 0.15) is 5.78 Å². The summed E-state index contributed by atoms with van der Waals surface area (Å²) < 4.78 is 1.35. The van der Waals surface area contributed by atoms with Gasteiger partial charge in [0, 0.05) is 28.3 Å². The quantitative estimate of drug-likeness (QED) is 0.457. The van der Waals surface area contributed by atoms with Crippen molar-refractivity contribution < 1.29 is 14.7 Å². The first-order valence-corrected chi connectivity index (χ1v) is 10.4. The molecular formula is C23H28O3S. The van der Waals surface area contributed by atoms with Crippen LogP contribution in [0.2, 0.25) is 0 Å². The molecule has 1 aliphatic carbocycles. The molecule has 144 valence electrons. The molecule has 0 amide bonds. The van der Waals surface area contributed by atoms with Gasteiger partial charge in [-0.2, -0.15) is 0 Å². The second-order valence-corrected chi connectivity index (χ2v) is 7.87. The Bertz CT molecular complexity index is 768. The number of carbonyl (C=O) groups excluding carboxylic acids is 1. The molecule has 27 heavy (non-hydrogen) atoms. The van der Waals surface area contributed by atoms with Crippen molar-refractivity contribution in [1.29, 1.82) is 0 Å². The van der Waals surface area contributed by atoms with E-state index < -0.39 is 5.97 Å². The van der Waals surface area contributed by atoms with Gasteiger partial charge in [-0.05, 0) is 56.5 Å². The summed E-state index contributed by atoms with van der Waals surface area (Å²) in [7, 11) is 0. The maximum atomic E-state index is 11.5. The number of aliphatic carboxylic acids is 1. The molecule has 3 nitrogen and oxygen atoms in total. The smallest absolute Gasteiger partial charge is 0.303 e. The Morgan fingerprint density at radius 2 is 2.11 bits per heavy atom. The third kappa shape index (κ3) is 7.51. The molecule has 1 saturated carbocycles. The Labute approximate surface area is 165 Å². The number of thiophene rings is 1. The standard InChI is InChI=1S/C16H16OS.C7H12O2/c17-15-9-4-7-12(15)6-3-8-14-11-13-5-1-2-10-16(13)18-14;1-2-3-4-5-6-7(8)9/h1-3,5-6,10-12H,4,7-9H2;2-3H,4-6H2,1H3,(H,8,9)/b6-3+;3-2-. The first-order chi connectivity index (χ1) is 13.1.